The number of hydrogen-bond acceptors (Lipinski definition) is 3. The number of likely N-dealkylation sites (N-methyl/N-ethyl adjacent to an activating group) is 1. The molecule has 0 aromatic heterocycles. The van der Waals surface area contributed by atoms with E-state index in [4.69, 9.17) is 5.73 Å². The Bertz CT molecular complexity index is 121. The summed E-state index contributed by atoms with van der Waals surface area (Å²) in [5.41, 5.74) is 5.47. The van der Waals surface area contributed by atoms with E-state index in [-0.39, 0.29) is 0 Å². The molecule has 2 N–H and O–H groups in total. The highest BCUT2D eigenvalue weighted by Crippen LogP contribution is 2.07. The van der Waals surface area contributed by atoms with Crippen LogP contribution in [0.2, 0.25) is 0 Å². The van der Waals surface area contributed by atoms with Crippen LogP contribution in [0.25, 0.3) is 0 Å². The van der Waals surface area contributed by atoms with Crippen LogP contribution >= 0.6 is 0 Å². The highest BCUT2D eigenvalue weighted by molar-refractivity contribution is 4.66. The molecule has 1 aliphatic rings. The first kappa shape index (κ1) is 11.0. The van der Waals surface area contributed by atoms with Gasteiger partial charge >= 0.3 is 0 Å². The Labute approximate surface area is 81.9 Å². The molecular formula is C10H23N3. The van der Waals surface area contributed by atoms with E-state index in [1.54, 1.807) is 0 Å². The average molecular weight is 185 g/mol. The van der Waals surface area contributed by atoms with Crippen molar-refractivity contribution in [2.45, 2.75) is 19.3 Å². The van der Waals surface area contributed by atoms with Crippen LogP contribution in [-0.4, -0.2) is 56.1 Å². The van der Waals surface area contributed by atoms with Gasteiger partial charge in [0.25, 0.3) is 0 Å². The van der Waals surface area contributed by atoms with E-state index in [1.165, 1.54) is 45.4 Å². The van der Waals surface area contributed by atoms with Crippen molar-refractivity contribution in [1.29, 1.82) is 0 Å². The zero-order valence-electron chi connectivity index (χ0n) is 8.84. The van der Waals surface area contributed by atoms with Gasteiger partial charge in [-0.1, -0.05) is 0 Å². The van der Waals surface area contributed by atoms with E-state index < -0.39 is 0 Å². The monoisotopic (exact) mass is 185 g/mol. The van der Waals surface area contributed by atoms with Crippen molar-refractivity contribution < 1.29 is 0 Å². The first-order valence-corrected chi connectivity index (χ1v) is 5.44. The van der Waals surface area contributed by atoms with Gasteiger partial charge in [0.1, 0.15) is 0 Å². The van der Waals surface area contributed by atoms with Crippen molar-refractivity contribution in [2.75, 3.05) is 46.3 Å². The highest BCUT2D eigenvalue weighted by Gasteiger charge is 2.10. The minimum atomic E-state index is 0.778. The smallest absolute Gasteiger partial charge is 0.0102 e. The van der Waals surface area contributed by atoms with Crippen molar-refractivity contribution in [2.24, 2.45) is 5.73 Å². The summed E-state index contributed by atoms with van der Waals surface area (Å²) >= 11 is 0. The van der Waals surface area contributed by atoms with Crippen LogP contribution in [0.3, 0.4) is 0 Å². The summed E-state index contributed by atoms with van der Waals surface area (Å²) < 4.78 is 0. The number of likely N-dealkylation sites (tertiary alicyclic amines) is 1. The number of nitrogens with two attached hydrogens (primary N) is 1. The normalized spacial score (nSPS) is 18.7. The first-order chi connectivity index (χ1) is 6.33. The average Bonchev–Trinajstić information content (AvgIpc) is 2.57. The second kappa shape index (κ2) is 6.35. The third kappa shape index (κ3) is 4.60. The van der Waals surface area contributed by atoms with Gasteiger partial charge in [-0.3, -0.25) is 0 Å². The lowest BCUT2D eigenvalue weighted by molar-refractivity contribution is 0.283. The Morgan fingerprint density at radius 2 is 1.92 bits per heavy atom. The van der Waals surface area contributed by atoms with Crippen molar-refractivity contribution >= 4 is 0 Å². The molecule has 0 atom stereocenters. The lowest BCUT2D eigenvalue weighted by Gasteiger charge is -2.18. The Morgan fingerprint density at radius 3 is 2.54 bits per heavy atom. The molecule has 3 heteroatoms. The summed E-state index contributed by atoms with van der Waals surface area (Å²) in [6.07, 6.45) is 4.09. The fourth-order valence-electron chi connectivity index (χ4n) is 1.90. The van der Waals surface area contributed by atoms with Gasteiger partial charge in [-0.05, 0) is 52.5 Å². The molecule has 1 rings (SSSR count). The van der Waals surface area contributed by atoms with E-state index in [2.05, 4.69) is 16.8 Å². The van der Waals surface area contributed by atoms with Crippen LogP contribution in [0.5, 0.6) is 0 Å². The van der Waals surface area contributed by atoms with E-state index in [0.29, 0.717) is 0 Å². The summed E-state index contributed by atoms with van der Waals surface area (Å²) in [5, 5.41) is 0. The second-order valence-corrected chi connectivity index (χ2v) is 3.99. The molecule has 0 bridgehead atoms. The summed E-state index contributed by atoms with van der Waals surface area (Å²) in [4.78, 5) is 4.88. The molecule has 78 valence electrons. The molecule has 0 unspecified atom stereocenters. The lowest BCUT2D eigenvalue weighted by atomic mass is 10.3. The van der Waals surface area contributed by atoms with Crippen LogP contribution in [-0.2, 0) is 0 Å². The summed E-state index contributed by atoms with van der Waals surface area (Å²) in [7, 11) is 2.15. The molecule has 0 aromatic rings. The van der Waals surface area contributed by atoms with Crippen LogP contribution in [0.1, 0.15) is 19.3 Å². The van der Waals surface area contributed by atoms with Gasteiger partial charge < -0.3 is 15.5 Å². The van der Waals surface area contributed by atoms with Crippen LogP contribution in [0.4, 0.5) is 0 Å². The van der Waals surface area contributed by atoms with Crippen molar-refractivity contribution in [1.82, 2.24) is 9.80 Å². The summed E-state index contributed by atoms with van der Waals surface area (Å²) in [5.74, 6) is 0. The Kier molecular flexibility index (Phi) is 5.35. The van der Waals surface area contributed by atoms with Gasteiger partial charge in [0.05, 0.1) is 0 Å². The third-order valence-electron chi connectivity index (χ3n) is 2.72. The van der Waals surface area contributed by atoms with Gasteiger partial charge in [-0.2, -0.15) is 0 Å². The number of nitrogens with zero attached hydrogens (tertiary/aromatic N) is 2. The van der Waals surface area contributed by atoms with E-state index in [1.807, 2.05) is 0 Å². The molecule has 0 saturated carbocycles. The second-order valence-electron chi connectivity index (χ2n) is 3.99. The maximum absolute atomic E-state index is 5.47. The fourth-order valence-corrected chi connectivity index (χ4v) is 1.90. The fraction of sp³-hybridized carbons (Fsp3) is 1.00. The van der Waals surface area contributed by atoms with Crippen LogP contribution in [0.15, 0.2) is 0 Å². The van der Waals surface area contributed by atoms with Gasteiger partial charge in [-0.15, -0.1) is 0 Å². The predicted octanol–water partition coefficient (Wildman–Crippen LogP) is 0.363. The number of rotatable bonds is 6. The molecule has 13 heavy (non-hydrogen) atoms. The summed E-state index contributed by atoms with van der Waals surface area (Å²) in [6, 6.07) is 0. The van der Waals surface area contributed by atoms with Crippen molar-refractivity contribution in [3.63, 3.8) is 0 Å². The third-order valence-corrected chi connectivity index (χ3v) is 2.72. The molecule has 0 aromatic carbocycles. The standard InChI is InChI=1S/C10H23N3/c1-12(10-5-11)6-4-9-13-7-2-3-8-13/h2-11H2,1H3. The molecule has 0 aliphatic carbocycles. The Balaban J connectivity index is 1.93. The molecule has 1 saturated heterocycles. The van der Waals surface area contributed by atoms with Crippen molar-refractivity contribution in [3.8, 4) is 0 Å². The largest absolute Gasteiger partial charge is 0.329 e. The first-order valence-electron chi connectivity index (χ1n) is 5.44. The van der Waals surface area contributed by atoms with E-state index >= 15 is 0 Å². The zero-order valence-corrected chi connectivity index (χ0v) is 8.84. The SMILES string of the molecule is CN(CCN)CCCN1CCCC1. The topological polar surface area (TPSA) is 32.5 Å². The molecule has 0 radical (unpaired) electrons. The molecule has 0 amide bonds. The lowest BCUT2D eigenvalue weighted by Crippen LogP contribution is -2.29. The molecule has 1 fully saturated rings. The zero-order chi connectivity index (χ0) is 9.52. The highest BCUT2D eigenvalue weighted by atomic mass is 15.1. The van der Waals surface area contributed by atoms with Gasteiger partial charge in [0.2, 0.25) is 0 Å². The molecular weight excluding hydrogens is 162 g/mol. The van der Waals surface area contributed by atoms with Gasteiger partial charge in [0, 0.05) is 13.1 Å². The quantitative estimate of drug-likeness (QED) is 0.648. The minimum absolute atomic E-state index is 0.778. The van der Waals surface area contributed by atoms with Gasteiger partial charge in [-0.25, -0.2) is 0 Å². The number of hydrogen-bond donors (Lipinski definition) is 1. The molecule has 3 nitrogen and oxygen atoms in total. The minimum Gasteiger partial charge on any atom is -0.329 e. The molecule has 0 spiro atoms. The molecule has 1 heterocycles. The predicted molar refractivity (Wildman–Crippen MR) is 56.8 cm³/mol. The van der Waals surface area contributed by atoms with E-state index in [9.17, 15) is 0 Å². The van der Waals surface area contributed by atoms with Crippen molar-refractivity contribution in [3.05, 3.63) is 0 Å². The summed E-state index contributed by atoms with van der Waals surface area (Å²) in [6.45, 7) is 6.91. The Hall–Kier alpha value is -0.120. The Morgan fingerprint density at radius 1 is 1.23 bits per heavy atom. The van der Waals surface area contributed by atoms with E-state index in [0.717, 1.165) is 13.1 Å². The van der Waals surface area contributed by atoms with Crippen LogP contribution in [0, 0.1) is 0 Å². The molecule has 1 aliphatic heterocycles. The van der Waals surface area contributed by atoms with Gasteiger partial charge in [0.15, 0.2) is 0 Å². The van der Waals surface area contributed by atoms with Crippen LogP contribution < -0.4 is 5.73 Å². The maximum Gasteiger partial charge on any atom is 0.0102 e. The maximum atomic E-state index is 5.47.